The summed E-state index contributed by atoms with van der Waals surface area (Å²) < 4.78 is 13.0. The number of non-ortho nitro benzene ring substituents is 1. The number of carbonyl (C=O) groups excluding carboxylic acids is 1. The van der Waals surface area contributed by atoms with Gasteiger partial charge in [-0.15, -0.1) is 0 Å². The number of nitro groups is 1. The van der Waals surface area contributed by atoms with Crippen molar-refractivity contribution in [1.82, 2.24) is 15.5 Å². The van der Waals surface area contributed by atoms with Crippen LogP contribution in [0.1, 0.15) is 28.9 Å². The van der Waals surface area contributed by atoms with E-state index in [0.29, 0.717) is 16.8 Å². The number of rotatable bonds is 5. The number of hydrogen-bond donors (Lipinski definition) is 2. The Balaban J connectivity index is 1.80. The van der Waals surface area contributed by atoms with E-state index in [-0.39, 0.29) is 23.5 Å². The van der Waals surface area contributed by atoms with E-state index in [0.717, 1.165) is 5.56 Å². The second-order valence-electron chi connectivity index (χ2n) is 5.71. The molecule has 3 rings (SSSR count). The Morgan fingerprint density at radius 1 is 1.19 bits per heavy atom. The smallest absolute Gasteiger partial charge is 0.269 e. The first-order chi connectivity index (χ1) is 12.5. The minimum absolute atomic E-state index is 0.0378. The Morgan fingerprint density at radius 3 is 2.46 bits per heavy atom. The van der Waals surface area contributed by atoms with Crippen molar-refractivity contribution in [3.05, 3.63) is 81.8 Å². The highest BCUT2D eigenvalue weighted by Crippen LogP contribution is 2.24. The first-order valence-electron chi connectivity index (χ1n) is 7.80. The van der Waals surface area contributed by atoms with Gasteiger partial charge in [0.2, 0.25) is 0 Å². The van der Waals surface area contributed by atoms with Gasteiger partial charge in [-0.05, 0) is 36.8 Å². The molecule has 1 amide bonds. The fourth-order valence-corrected chi connectivity index (χ4v) is 2.54. The van der Waals surface area contributed by atoms with Crippen LogP contribution in [0.2, 0.25) is 0 Å². The Hall–Kier alpha value is -3.55. The van der Waals surface area contributed by atoms with E-state index < -0.39 is 4.92 Å². The van der Waals surface area contributed by atoms with Crippen molar-refractivity contribution in [1.29, 1.82) is 0 Å². The Morgan fingerprint density at radius 2 is 1.85 bits per heavy atom. The van der Waals surface area contributed by atoms with E-state index in [1.165, 1.54) is 30.5 Å². The topological polar surface area (TPSA) is 101 Å². The number of carbonyl (C=O) groups is 1. The molecule has 7 nitrogen and oxygen atoms in total. The molecule has 0 aliphatic rings. The van der Waals surface area contributed by atoms with Gasteiger partial charge in [0.1, 0.15) is 5.82 Å². The second-order valence-corrected chi connectivity index (χ2v) is 5.71. The zero-order valence-corrected chi connectivity index (χ0v) is 13.8. The van der Waals surface area contributed by atoms with Crippen molar-refractivity contribution in [3.63, 3.8) is 0 Å². The summed E-state index contributed by atoms with van der Waals surface area (Å²) in [4.78, 5) is 22.8. The van der Waals surface area contributed by atoms with E-state index in [4.69, 9.17) is 0 Å². The lowest BCUT2D eigenvalue weighted by Crippen LogP contribution is -2.26. The molecule has 0 unspecified atom stereocenters. The number of nitrogens with zero attached hydrogens (tertiary/aromatic N) is 2. The molecule has 1 aromatic heterocycles. The molecule has 0 bridgehead atoms. The van der Waals surface area contributed by atoms with Gasteiger partial charge in [-0.1, -0.05) is 12.1 Å². The molecule has 2 N–H and O–H groups in total. The van der Waals surface area contributed by atoms with Crippen LogP contribution in [0.15, 0.2) is 54.7 Å². The van der Waals surface area contributed by atoms with Crippen molar-refractivity contribution in [3.8, 4) is 11.3 Å². The average molecular weight is 354 g/mol. The molecule has 132 valence electrons. The summed E-state index contributed by atoms with van der Waals surface area (Å²) in [5.41, 5.74) is 2.11. The van der Waals surface area contributed by atoms with E-state index in [9.17, 15) is 19.3 Å². The highest BCUT2D eigenvalue weighted by atomic mass is 19.1. The SMILES string of the molecule is C[C@H](NC(=O)c1cn[nH]c1-c1ccc([N+](=O)[O-])cc1)c1ccc(F)cc1. The highest BCUT2D eigenvalue weighted by Gasteiger charge is 2.18. The molecule has 2 aromatic carbocycles. The zero-order valence-electron chi connectivity index (χ0n) is 13.8. The summed E-state index contributed by atoms with van der Waals surface area (Å²) >= 11 is 0. The molecule has 8 heteroatoms. The maximum atomic E-state index is 13.0. The maximum Gasteiger partial charge on any atom is 0.269 e. The molecule has 0 aliphatic carbocycles. The van der Waals surface area contributed by atoms with Crippen molar-refractivity contribution >= 4 is 11.6 Å². The fraction of sp³-hybridized carbons (Fsp3) is 0.111. The quantitative estimate of drug-likeness (QED) is 0.540. The normalized spacial score (nSPS) is 11.8. The van der Waals surface area contributed by atoms with Gasteiger partial charge in [0.25, 0.3) is 11.6 Å². The van der Waals surface area contributed by atoms with Gasteiger partial charge in [0, 0.05) is 17.7 Å². The van der Waals surface area contributed by atoms with Crippen LogP contribution in [0.3, 0.4) is 0 Å². The number of aromatic amines is 1. The number of aromatic nitrogens is 2. The van der Waals surface area contributed by atoms with E-state index >= 15 is 0 Å². The number of nitrogens with one attached hydrogen (secondary N) is 2. The lowest BCUT2D eigenvalue weighted by Gasteiger charge is -2.14. The second kappa shape index (κ2) is 7.14. The predicted molar refractivity (Wildman–Crippen MR) is 93.0 cm³/mol. The number of H-pyrrole nitrogens is 1. The summed E-state index contributed by atoms with van der Waals surface area (Å²) in [5, 5.41) is 20.2. The minimum atomic E-state index is -0.491. The first kappa shape index (κ1) is 17.3. The van der Waals surface area contributed by atoms with E-state index in [1.807, 2.05) is 0 Å². The highest BCUT2D eigenvalue weighted by molar-refractivity contribution is 5.99. The monoisotopic (exact) mass is 354 g/mol. The predicted octanol–water partition coefficient (Wildman–Crippen LogP) is 3.62. The molecule has 1 atom stereocenters. The molecule has 0 saturated carbocycles. The molecule has 0 spiro atoms. The van der Waals surface area contributed by atoms with E-state index in [2.05, 4.69) is 15.5 Å². The number of benzene rings is 2. The van der Waals surface area contributed by atoms with Crippen molar-refractivity contribution in [2.24, 2.45) is 0 Å². The average Bonchev–Trinajstić information content (AvgIpc) is 3.12. The Bertz CT molecular complexity index is 936. The Kier molecular flexibility index (Phi) is 4.74. The molecule has 0 radical (unpaired) electrons. The third-order valence-corrected chi connectivity index (χ3v) is 3.97. The third kappa shape index (κ3) is 3.59. The standard InChI is InChI=1S/C18H15FN4O3/c1-11(12-2-6-14(19)7-3-12)21-18(24)16-10-20-22-17(16)13-4-8-15(9-5-13)23(25)26/h2-11H,1H3,(H,20,22)(H,21,24)/t11-/m0/s1. The largest absolute Gasteiger partial charge is 0.345 e. The van der Waals surface area contributed by atoms with Crippen LogP contribution in [0.5, 0.6) is 0 Å². The van der Waals surface area contributed by atoms with Crippen LogP contribution in [-0.2, 0) is 0 Å². The lowest BCUT2D eigenvalue weighted by molar-refractivity contribution is -0.384. The molecule has 0 aliphatic heterocycles. The lowest BCUT2D eigenvalue weighted by atomic mass is 10.1. The number of halogens is 1. The van der Waals surface area contributed by atoms with Crippen molar-refractivity contribution in [2.75, 3.05) is 0 Å². The molecule has 0 fully saturated rings. The van der Waals surface area contributed by atoms with Gasteiger partial charge in [-0.2, -0.15) is 5.10 Å². The van der Waals surface area contributed by atoms with Gasteiger partial charge in [-0.25, -0.2) is 4.39 Å². The summed E-state index contributed by atoms with van der Waals surface area (Å²) in [6.07, 6.45) is 1.39. The van der Waals surface area contributed by atoms with Crippen molar-refractivity contribution < 1.29 is 14.1 Å². The fourth-order valence-electron chi connectivity index (χ4n) is 2.54. The van der Waals surface area contributed by atoms with Crippen LogP contribution in [0.4, 0.5) is 10.1 Å². The van der Waals surface area contributed by atoms with Crippen LogP contribution < -0.4 is 5.32 Å². The van der Waals surface area contributed by atoms with Crippen LogP contribution in [0, 0.1) is 15.9 Å². The number of hydrogen-bond acceptors (Lipinski definition) is 4. The van der Waals surface area contributed by atoms with Gasteiger partial charge in [0.15, 0.2) is 0 Å². The molecular weight excluding hydrogens is 339 g/mol. The van der Waals surface area contributed by atoms with Gasteiger partial charge in [-0.3, -0.25) is 20.0 Å². The zero-order chi connectivity index (χ0) is 18.7. The molecule has 26 heavy (non-hydrogen) atoms. The van der Waals surface area contributed by atoms with E-state index in [1.54, 1.807) is 31.2 Å². The van der Waals surface area contributed by atoms with Gasteiger partial charge in [0.05, 0.1) is 28.4 Å². The van der Waals surface area contributed by atoms with Crippen LogP contribution >= 0.6 is 0 Å². The molecule has 3 aromatic rings. The Labute approximate surface area is 148 Å². The van der Waals surface area contributed by atoms with Crippen LogP contribution in [-0.4, -0.2) is 21.0 Å². The first-order valence-corrected chi connectivity index (χ1v) is 7.80. The maximum absolute atomic E-state index is 13.0. The summed E-state index contributed by atoms with van der Waals surface area (Å²) in [6, 6.07) is 11.4. The molecule has 0 saturated heterocycles. The van der Waals surface area contributed by atoms with Crippen molar-refractivity contribution in [2.45, 2.75) is 13.0 Å². The molecular formula is C18H15FN4O3. The third-order valence-electron chi connectivity index (χ3n) is 3.97. The van der Waals surface area contributed by atoms with Gasteiger partial charge < -0.3 is 5.32 Å². The number of amides is 1. The minimum Gasteiger partial charge on any atom is -0.345 e. The number of nitro benzene ring substituents is 1. The summed E-state index contributed by atoms with van der Waals surface area (Å²) in [7, 11) is 0. The summed E-state index contributed by atoms with van der Waals surface area (Å²) in [5.74, 6) is -0.702. The summed E-state index contributed by atoms with van der Waals surface area (Å²) in [6.45, 7) is 1.79. The molecule has 1 heterocycles. The van der Waals surface area contributed by atoms with Gasteiger partial charge >= 0.3 is 0 Å². The van der Waals surface area contributed by atoms with Crippen LogP contribution in [0.25, 0.3) is 11.3 Å².